The molecule has 2 aromatic heterocycles. The van der Waals surface area contributed by atoms with E-state index in [9.17, 15) is 18.0 Å². The Morgan fingerprint density at radius 2 is 1.86 bits per heavy atom. The third kappa shape index (κ3) is 6.16. The number of likely N-dealkylation sites (tertiary alicyclic amines) is 1. The molecule has 2 aromatic carbocycles. The smallest absolute Gasteiger partial charge is 0.417 e. The number of benzene rings is 2. The molecule has 4 aliphatic rings. The molecular formula is C38H42F3N7O2. The normalized spacial score (nSPS) is 24.3. The number of ether oxygens (including phenoxy) is 1. The molecule has 262 valence electrons. The molecular weight excluding hydrogens is 643 g/mol. The quantitative estimate of drug-likeness (QED) is 0.219. The van der Waals surface area contributed by atoms with Gasteiger partial charge in [0.2, 0.25) is 5.91 Å². The van der Waals surface area contributed by atoms with Crippen LogP contribution in [0.15, 0.2) is 60.8 Å². The molecule has 4 aromatic rings. The minimum atomic E-state index is -4.45. The van der Waals surface area contributed by atoms with Crippen LogP contribution < -0.4 is 4.74 Å². The number of amides is 1. The van der Waals surface area contributed by atoms with Gasteiger partial charge in [-0.3, -0.25) is 9.78 Å². The fourth-order valence-corrected chi connectivity index (χ4v) is 9.26. The molecule has 0 unspecified atom stereocenters. The van der Waals surface area contributed by atoms with E-state index >= 15 is 0 Å². The molecule has 3 fully saturated rings. The van der Waals surface area contributed by atoms with Crippen LogP contribution in [0.4, 0.5) is 13.2 Å². The van der Waals surface area contributed by atoms with Gasteiger partial charge in [0.05, 0.1) is 24.6 Å². The molecule has 0 bridgehead atoms. The number of methoxy groups -OCH3 is 1. The van der Waals surface area contributed by atoms with Crippen molar-refractivity contribution in [2.75, 3.05) is 26.7 Å². The van der Waals surface area contributed by atoms with E-state index in [0.717, 1.165) is 86.9 Å². The number of halogens is 3. The summed E-state index contributed by atoms with van der Waals surface area (Å²) < 4.78 is 47.4. The maximum absolute atomic E-state index is 14.3. The number of alkyl halides is 3. The average molecular weight is 686 g/mol. The van der Waals surface area contributed by atoms with Crippen molar-refractivity contribution in [2.45, 2.75) is 82.6 Å². The molecule has 1 amide bonds. The van der Waals surface area contributed by atoms with Crippen LogP contribution in [-0.2, 0) is 30.5 Å². The van der Waals surface area contributed by atoms with Gasteiger partial charge < -0.3 is 14.5 Å². The fraction of sp³-hybridized carbons (Fsp3) is 0.500. The van der Waals surface area contributed by atoms with Crippen molar-refractivity contribution in [3.8, 4) is 17.1 Å². The fourth-order valence-electron chi connectivity index (χ4n) is 9.26. The molecule has 8 rings (SSSR count). The molecule has 0 spiro atoms. The summed E-state index contributed by atoms with van der Waals surface area (Å²) in [5, 5.41) is 12.6. The predicted octanol–water partition coefficient (Wildman–Crippen LogP) is 6.52. The Bertz CT molecular complexity index is 1850. The predicted molar refractivity (Wildman–Crippen MR) is 180 cm³/mol. The first-order chi connectivity index (χ1) is 24.2. The van der Waals surface area contributed by atoms with Crippen molar-refractivity contribution in [3.05, 3.63) is 88.7 Å². The number of carbonyl (C=O) groups is 1. The van der Waals surface area contributed by atoms with E-state index in [-0.39, 0.29) is 12.5 Å². The maximum Gasteiger partial charge on any atom is 0.417 e. The first-order valence-electron chi connectivity index (χ1n) is 17.8. The van der Waals surface area contributed by atoms with E-state index in [1.165, 1.54) is 11.6 Å². The van der Waals surface area contributed by atoms with Crippen molar-refractivity contribution in [1.82, 2.24) is 35.0 Å². The Labute approximate surface area is 289 Å². The van der Waals surface area contributed by atoms with Crippen LogP contribution in [0, 0.1) is 11.3 Å². The van der Waals surface area contributed by atoms with Gasteiger partial charge in [0.15, 0.2) is 5.82 Å². The van der Waals surface area contributed by atoms with Crippen LogP contribution in [0.25, 0.3) is 11.4 Å². The zero-order valence-electron chi connectivity index (χ0n) is 28.3. The molecule has 3 atom stereocenters. The minimum absolute atomic E-state index is 0.145. The zero-order valence-corrected chi connectivity index (χ0v) is 28.3. The zero-order chi connectivity index (χ0) is 34.5. The van der Waals surface area contributed by atoms with Gasteiger partial charge in [-0.05, 0) is 115 Å². The van der Waals surface area contributed by atoms with E-state index in [4.69, 9.17) is 4.74 Å². The monoisotopic (exact) mass is 685 g/mol. The molecule has 1 saturated heterocycles. The van der Waals surface area contributed by atoms with Gasteiger partial charge in [0.25, 0.3) is 0 Å². The summed E-state index contributed by atoms with van der Waals surface area (Å²) in [5.74, 6) is 2.45. The lowest BCUT2D eigenvalue weighted by atomic mass is 9.78. The Hall–Kier alpha value is -4.32. The molecule has 12 heteroatoms. The van der Waals surface area contributed by atoms with Gasteiger partial charge in [-0.1, -0.05) is 36.8 Å². The number of tetrazole rings is 1. The number of aromatic nitrogens is 5. The minimum Gasteiger partial charge on any atom is -0.497 e. The largest absolute Gasteiger partial charge is 0.497 e. The van der Waals surface area contributed by atoms with E-state index in [1.54, 1.807) is 7.11 Å². The van der Waals surface area contributed by atoms with E-state index in [1.807, 2.05) is 33.8 Å². The first kappa shape index (κ1) is 32.9. The first-order valence-corrected chi connectivity index (χ1v) is 17.8. The molecule has 4 heterocycles. The van der Waals surface area contributed by atoms with Crippen LogP contribution in [0.1, 0.15) is 78.8 Å². The molecule has 2 aliphatic heterocycles. The van der Waals surface area contributed by atoms with Crippen molar-refractivity contribution in [1.29, 1.82) is 0 Å². The molecule has 9 nitrogen and oxygen atoms in total. The maximum atomic E-state index is 14.3. The number of nitrogens with zero attached hydrogens (tertiary/aromatic N) is 7. The summed E-state index contributed by atoms with van der Waals surface area (Å²) in [7, 11) is 1.65. The highest BCUT2D eigenvalue weighted by atomic mass is 19.4. The van der Waals surface area contributed by atoms with Gasteiger partial charge in [-0.15, -0.1) is 5.10 Å². The Morgan fingerprint density at radius 3 is 2.64 bits per heavy atom. The second-order valence-corrected chi connectivity index (χ2v) is 14.6. The topological polar surface area (TPSA) is 89.3 Å². The Kier molecular flexibility index (Phi) is 8.61. The van der Waals surface area contributed by atoms with Gasteiger partial charge in [0, 0.05) is 43.0 Å². The lowest BCUT2D eigenvalue weighted by molar-refractivity contribution is -0.144. The number of hydrogen-bond donors (Lipinski definition) is 0. The Balaban J connectivity index is 0.912. The number of carbonyl (C=O) groups excluding carboxylic acids is 1. The van der Waals surface area contributed by atoms with E-state index < -0.39 is 17.2 Å². The lowest BCUT2D eigenvalue weighted by Crippen LogP contribution is -2.47. The number of fused-ring (bicyclic) bond motifs is 2. The lowest BCUT2D eigenvalue weighted by Gasteiger charge is -2.39. The summed E-state index contributed by atoms with van der Waals surface area (Å²) in [6, 6.07) is 18.0. The number of rotatable bonds is 7. The second kappa shape index (κ2) is 13.1. The molecule has 50 heavy (non-hydrogen) atoms. The van der Waals surface area contributed by atoms with Crippen molar-refractivity contribution in [2.24, 2.45) is 11.3 Å². The van der Waals surface area contributed by atoms with Crippen molar-refractivity contribution >= 4 is 5.91 Å². The second-order valence-electron chi connectivity index (χ2n) is 14.6. The van der Waals surface area contributed by atoms with Crippen LogP contribution >= 0.6 is 0 Å². The number of hydrogen-bond acceptors (Lipinski definition) is 7. The summed E-state index contributed by atoms with van der Waals surface area (Å²) in [5.41, 5.74) is 3.43. The van der Waals surface area contributed by atoms with Crippen LogP contribution in [0.5, 0.6) is 5.75 Å². The van der Waals surface area contributed by atoms with Gasteiger partial charge >= 0.3 is 6.18 Å². The summed E-state index contributed by atoms with van der Waals surface area (Å²) in [6.45, 7) is 3.25. The van der Waals surface area contributed by atoms with Gasteiger partial charge in [-0.2, -0.15) is 13.2 Å². The number of pyridine rings is 1. The molecule has 0 N–H and O–H groups in total. The van der Waals surface area contributed by atoms with Crippen molar-refractivity contribution in [3.63, 3.8) is 0 Å². The summed E-state index contributed by atoms with van der Waals surface area (Å²) >= 11 is 0. The molecule has 2 saturated carbocycles. The standard InChI is InChI=1S/C38H42F3N7O2/c1-50-33-9-7-25(8-10-33)23-48-35(43-44-45-48)28-5-2-4-27(18-28)26-11-15-46(16-12-26)32-20-30-6-3-14-37(30,21-32)36(49)47-17-13-34-29(24-47)19-31(22-42-34)38(39,40)41/h2,4-5,7-10,18-19,22,26,30,32H,3,6,11-17,20-21,23-24H2,1H3/t30-,32+,37-/m1/s1. The molecule has 2 aliphatic carbocycles. The van der Waals surface area contributed by atoms with Crippen LogP contribution in [-0.4, -0.2) is 73.7 Å². The summed E-state index contributed by atoms with van der Waals surface area (Å²) in [4.78, 5) is 22.8. The van der Waals surface area contributed by atoms with Crippen LogP contribution in [0.3, 0.4) is 0 Å². The third-order valence-electron chi connectivity index (χ3n) is 11.9. The summed E-state index contributed by atoms with van der Waals surface area (Å²) in [6.07, 6.45) is 3.87. The highest BCUT2D eigenvalue weighted by Crippen LogP contribution is 2.57. The average Bonchev–Trinajstić information content (AvgIpc) is 3.86. The third-order valence-corrected chi connectivity index (χ3v) is 11.9. The van der Waals surface area contributed by atoms with Gasteiger partial charge in [-0.25, -0.2) is 4.68 Å². The number of piperidine rings is 1. The van der Waals surface area contributed by atoms with Crippen molar-refractivity contribution < 1.29 is 22.7 Å². The Morgan fingerprint density at radius 1 is 1.04 bits per heavy atom. The SMILES string of the molecule is COc1ccc(Cn2nnnc2-c2cccc(C3CCN([C@H]4C[C@H]5CCC[C@@]5(C(=O)N5CCc6ncc(C(F)(F)F)cc6C5)C4)CC3)c2)cc1. The molecule has 0 radical (unpaired) electrons. The van der Waals surface area contributed by atoms with E-state index in [0.29, 0.717) is 48.6 Å². The highest BCUT2D eigenvalue weighted by molar-refractivity contribution is 5.84. The van der Waals surface area contributed by atoms with E-state index in [2.05, 4.69) is 49.7 Å². The van der Waals surface area contributed by atoms with Gasteiger partial charge in [0.1, 0.15) is 5.75 Å². The van der Waals surface area contributed by atoms with Crippen LogP contribution in [0.2, 0.25) is 0 Å². The highest BCUT2D eigenvalue weighted by Gasteiger charge is 2.57.